The summed E-state index contributed by atoms with van der Waals surface area (Å²) < 4.78 is 10.4. The molecule has 4 aromatic rings. The molecule has 0 saturated carbocycles. The Labute approximate surface area is 252 Å². The molecular formula is C35H38N2O4S. The van der Waals surface area contributed by atoms with Gasteiger partial charge in [0, 0.05) is 11.6 Å². The fraction of sp³-hybridized carbons (Fsp3) is 0.286. The third-order valence-corrected chi connectivity index (χ3v) is 7.74. The lowest BCUT2D eigenvalue weighted by atomic mass is 10.0. The van der Waals surface area contributed by atoms with Gasteiger partial charge in [0.15, 0.2) is 6.61 Å². The van der Waals surface area contributed by atoms with Crippen LogP contribution in [-0.2, 0) is 20.7 Å². The highest BCUT2D eigenvalue weighted by Crippen LogP contribution is 2.35. The van der Waals surface area contributed by atoms with E-state index in [9.17, 15) is 9.59 Å². The highest BCUT2D eigenvalue weighted by molar-refractivity contribution is 7.13. The smallest absolute Gasteiger partial charge is 0.344 e. The standard InChI is InChI=1S/C35H38N2O4S/c1-4-6-7-8-26-9-14-28(15-10-26)25(3)37-32(38)22-13-27-11-16-30(17-12-27)35-34(36-24-42-35)29-18-20-31(21-19-29)41-23-33(39)40-5-2/h9-22,24-25H,4-8,23H2,1-3H3,(H,37,38)/b22-13+. The number of amides is 1. The third kappa shape index (κ3) is 8.88. The summed E-state index contributed by atoms with van der Waals surface area (Å²) >= 11 is 1.57. The Balaban J connectivity index is 1.32. The number of aromatic nitrogens is 1. The molecule has 1 atom stereocenters. The minimum absolute atomic E-state index is 0.0721. The number of unbranched alkanes of at least 4 members (excludes halogenated alkanes) is 2. The van der Waals surface area contributed by atoms with Crippen LogP contribution in [0.4, 0.5) is 0 Å². The second-order valence-electron chi connectivity index (χ2n) is 10.0. The van der Waals surface area contributed by atoms with Crippen LogP contribution in [0.15, 0.2) is 84.4 Å². The molecule has 0 bridgehead atoms. The van der Waals surface area contributed by atoms with Gasteiger partial charge in [0.05, 0.1) is 28.7 Å². The van der Waals surface area contributed by atoms with Crippen molar-refractivity contribution in [2.75, 3.05) is 13.2 Å². The van der Waals surface area contributed by atoms with E-state index in [1.807, 2.05) is 67.0 Å². The molecule has 42 heavy (non-hydrogen) atoms. The minimum atomic E-state index is -0.393. The normalized spacial score (nSPS) is 11.8. The Morgan fingerprint density at radius 3 is 2.33 bits per heavy atom. The molecule has 1 amide bonds. The topological polar surface area (TPSA) is 77.5 Å². The predicted octanol–water partition coefficient (Wildman–Crippen LogP) is 8.04. The van der Waals surface area contributed by atoms with E-state index < -0.39 is 5.97 Å². The molecule has 4 rings (SSSR count). The van der Waals surface area contributed by atoms with E-state index in [1.165, 1.54) is 24.8 Å². The lowest BCUT2D eigenvalue weighted by Crippen LogP contribution is -2.24. The third-order valence-electron chi connectivity index (χ3n) is 6.86. The summed E-state index contributed by atoms with van der Waals surface area (Å²) in [6.07, 6.45) is 8.19. The zero-order chi connectivity index (χ0) is 29.7. The maximum Gasteiger partial charge on any atom is 0.344 e. The Hall–Kier alpha value is -4.23. The molecule has 1 heterocycles. The summed E-state index contributed by atoms with van der Waals surface area (Å²) in [6.45, 7) is 6.19. The quantitative estimate of drug-likeness (QED) is 0.0925. The fourth-order valence-electron chi connectivity index (χ4n) is 4.52. The van der Waals surface area contributed by atoms with Gasteiger partial charge in [-0.15, -0.1) is 11.3 Å². The first-order valence-corrected chi connectivity index (χ1v) is 15.3. The van der Waals surface area contributed by atoms with Gasteiger partial charge in [-0.25, -0.2) is 9.78 Å². The van der Waals surface area contributed by atoms with E-state index in [2.05, 4.69) is 41.5 Å². The van der Waals surface area contributed by atoms with Gasteiger partial charge in [0.2, 0.25) is 5.91 Å². The predicted molar refractivity (Wildman–Crippen MR) is 170 cm³/mol. The number of hydrogen-bond acceptors (Lipinski definition) is 6. The second kappa shape index (κ2) is 15.7. The molecule has 0 spiro atoms. The van der Waals surface area contributed by atoms with Crippen molar-refractivity contribution < 1.29 is 19.1 Å². The second-order valence-corrected chi connectivity index (χ2v) is 10.9. The number of nitrogens with one attached hydrogen (secondary N) is 1. The van der Waals surface area contributed by atoms with Gasteiger partial charge in [0.1, 0.15) is 5.75 Å². The first-order valence-electron chi connectivity index (χ1n) is 14.5. The molecule has 6 nitrogen and oxygen atoms in total. The van der Waals surface area contributed by atoms with Gasteiger partial charge in [-0.3, -0.25) is 4.79 Å². The molecule has 1 unspecified atom stereocenters. The number of benzene rings is 3. The Morgan fingerprint density at radius 2 is 1.64 bits per heavy atom. The Morgan fingerprint density at radius 1 is 0.929 bits per heavy atom. The lowest BCUT2D eigenvalue weighted by Gasteiger charge is -2.13. The molecule has 3 aromatic carbocycles. The van der Waals surface area contributed by atoms with Crippen LogP contribution in [0.1, 0.15) is 62.8 Å². The van der Waals surface area contributed by atoms with Crippen molar-refractivity contribution in [3.8, 4) is 27.4 Å². The van der Waals surface area contributed by atoms with Crippen LogP contribution >= 0.6 is 11.3 Å². The highest BCUT2D eigenvalue weighted by Gasteiger charge is 2.12. The fourth-order valence-corrected chi connectivity index (χ4v) is 5.34. The van der Waals surface area contributed by atoms with Crippen LogP contribution in [0.3, 0.4) is 0 Å². The van der Waals surface area contributed by atoms with Gasteiger partial charge >= 0.3 is 5.97 Å². The number of thiazole rings is 1. The van der Waals surface area contributed by atoms with E-state index >= 15 is 0 Å². The number of aryl methyl sites for hydroxylation is 1. The average molecular weight is 583 g/mol. The minimum Gasteiger partial charge on any atom is -0.482 e. The van der Waals surface area contributed by atoms with Gasteiger partial charge in [0.25, 0.3) is 0 Å². The number of esters is 1. The SMILES string of the molecule is CCCCCc1ccc(C(C)NC(=O)/C=C/c2ccc(-c3scnc3-c3ccc(OCC(=O)OCC)cc3)cc2)cc1. The molecule has 0 radical (unpaired) electrons. The van der Waals surface area contributed by atoms with Crippen LogP contribution in [0, 0.1) is 0 Å². The van der Waals surface area contributed by atoms with Crippen LogP contribution in [-0.4, -0.2) is 30.1 Å². The molecule has 0 aliphatic carbocycles. The maximum absolute atomic E-state index is 12.6. The van der Waals surface area contributed by atoms with Crippen molar-refractivity contribution in [1.82, 2.24) is 10.3 Å². The van der Waals surface area contributed by atoms with E-state index in [0.29, 0.717) is 12.4 Å². The molecule has 1 aromatic heterocycles. The molecule has 0 saturated heterocycles. The number of ether oxygens (including phenoxy) is 2. The summed E-state index contributed by atoms with van der Waals surface area (Å²) in [4.78, 5) is 29.7. The molecule has 1 N–H and O–H groups in total. The zero-order valence-corrected chi connectivity index (χ0v) is 25.3. The van der Waals surface area contributed by atoms with Crippen LogP contribution in [0.25, 0.3) is 27.8 Å². The summed E-state index contributed by atoms with van der Waals surface area (Å²) in [5.74, 6) is 0.0716. The van der Waals surface area contributed by atoms with Crippen molar-refractivity contribution in [2.45, 2.75) is 52.5 Å². The molecule has 0 aliphatic rings. The largest absolute Gasteiger partial charge is 0.482 e. The zero-order valence-electron chi connectivity index (χ0n) is 24.5. The van der Waals surface area contributed by atoms with Crippen molar-refractivity contribution in [3.05, 3.63) is 101 Å². The van der Waals surface area contributed by atoms with E-state index in [-0.39, 0.29) is 18.6 Å². The van der Waals surface area contributed by atoms with Crippen molar-refractivity contribution >= 4 is 29.3 Å². The van der Waals surface area contributed by atoms with Crippen LogP contribution < -0.4 is 10.1 Å². The molecular weight excluding hydrogens is 544 g/mol. The summed E-state index contributed by atoms with van der Waals surface area (Å²) in [6, 6.07) is 24.0. The number of hydrogen-bond donors (Lipinski definition) is 1. The molecule has 0 aliphatic heterocycles. The van der Waals surface area contributed by atoms with Gasteiger partial charge in [-0.2, -0.15) is 0 Å². The first kappa shape index (κ1) is 30.7. The Kier molecular flexibility index (Phi) is 11.5. The van der Waals surface area contributed by atoms with Crippen molar-refractivity contribution in [3.63, 3.8) is 0 Å². The number of nitrogens with zero attached hydrogens (tertiary/aromatic N) is 1. The monoisotopic (exact) mass is 582 g/mol. The highest BCUT2D eigenvalue weighted by atomic mass is 32.1. The van der Waals surface area contributed by atoms with E-state index in [0.717, 1.165) is 39.2 Å². The summed E-state index contributed by atoms with van der Waals surface area (Å²) in [7, 11) is 0. The molecule has 7 heteroatoms. The van der Waals surface area contributed by atoms with Gasteiger partial charge in [-0.1, -0.05) is 68.3 Å². The van der Waals surface area contributed by atoms with Gasteiger partial charge in [-0.05, 0) is 79.3 Å². The maximum atomic E-state index is 12.6. The molecule has 0 fully saturated rings. The average Bonchev–Trinajstić information content (AvgIpc) is 3.50. The lowest BCUT2D eigenvalue weighted by molar-refractivity contribution is -0.145. The number of carbonyl (C=O) groups excluding carboxylic acids is 2. The molecule has 218 valence electrons. The van der Waals surface area contributed by atoms with Crippen molar-refractivity contribution in [1.29, 1.82) is 0 Å². The first-order chi connectivity index (χ1) is 20.5. The summed E-state index contributed by atoms with van der Waals surface area (Å²) in [5, 5.41) is 3.06. The van der Waals surface area contributed by atoms with E-state index in [1.54, 1.807) is 24.3 Å². The van der Waals surface area contributed by atoms with E-state index in [4.69, 9.17) is 9.47 Å². The van der Waals surface area contributed by atoms with Crippen LogP contribution in [0.2, 0.25) is 0 Å². The van der Waals surface area contributed by atoms with Gasteiger partial charge < -0.3 is 14.8 Å². The van der Waals surface area contributed by atoms with Crippen molar-refractivity contribution in [2.24, 2.45) is 0 Å². The number of carbonyl (C=O) groups is 2. The Bertz CT molecular complexity index is 1460. The summed E-state index contributed by atoms with van der Waals surface area (Å²) in [5.41, 5.74) is 8.08. The van der Waals surface area contributed by atoms with Crippen LogP contribution in [0.5, 0.6) is 5.75 Å². The number of rotatable bonds is 14.